The molecule has 7 nitrogen and oxygen atoms in total. The zero-order chi connectivity index (χ0) is 24.2. The smallest absolute Gasteiger partial charge is 0.331 e. The predicted molar refractivity (Wildman–Crippen MR) is 124 cm³/mol. The standard InChI is InChI=1S/C25H24ClFN2O5/c1-2-33-21-13-15(12-19(26)22(21)34-14-16-7-3-6-10-20(16)27)11-18-23(30)28-25(32)29(24(18)31)17-8-4-5-9-17/h3,6-7,10-13,17H,2,4-5,8-9,14H2,1H3,(H,28,30,32)/b18-11+. The van der Waals surface area contributed by atoms with E-state index in [1.165, 1.54) is 18.2 Å². The van der Waals surface area contributed by atoms with Gasteiger partial charge in [0.2, 0.25) is 0 Å². The van der Waals surface area contributed by atoms with Gasteiger partial charge in [-0.1, -0.05) is 42.6 Å². The van der Waals surface area contributed by atoms with Gasteiger partial charge in [-0.15, -0.1) is 0 Å². The van der Waals surface area contributed by atoms with Gasteiger partial charge >= 0.3 is 6.03 Å². The van der Waals surface area contributed by atoms with E-state index >= 15 is 0 Å². The van der Waals surface area contributed by atoms with Crippen LogP contribution < -0.4 is 14.8 Å². The molecule has 1 aliphatic carbocycles. The molecule has 4 amide bonds. The number of hydrogen-bond acceptors (Lipinski definition) is 5. The van der Waals surface area contributed by atoms with Crippen LogP contribution in [0.2, 0.25) is 5.02 Å². The van der Waals surface area contributed by atoms with Gasteiger partial charge in [0.1, 0.15) is 18.0 Å². The molecule has 1 heterocycles. The third-order valence-corrected chi connectivity index (χ3v) is 6.08. The number of amides is 4. The van der Waals surface area contributed by atoms with E-state index in [-0.39, 0.29) is 34.7 Å². The molecule has 1 saturated heterocycles. The molecular weight excluding hydrogens is 463 g/mol. The summed E-state index contributed by atoms with van der Waals surface area (Å²) in [5.74, 6) is -1.30. The largest absolute Gasteiger partial charge is 0.490 e. The number of carbonyl (C=O) groups is 3. The Labute approximate surface area is 201 Å². The predicted octanol–water partition coefficient (Wildman–Crippen LogP) is 4.86. The summed E-state index contributed by atoms with van der Waals surface area (Å²) >= 11 is 6.44. The van der Waals surface area contributed by atoms with Crippen LogP contribution in [0.4, 0.5) is 9.18 Å². The van der Waals surface area contributed by atoms with Crippen molar-refractivity contribution in [3.05, 3.63) is 63.9 Å². The van der Waals surface area contributed by atoms with Crippen molar-refractivity contribution in [1.82, 2.24) is 10.2 Å². The third-order valence-electron chi connectivity index (χ3n) is 5.80. The number of urea groups is 1. The molecule has 9 heteroatoms. The van der Waals surface area contributed by atoms with E-state index in [9.17, 15) is 18.8 Å². The zero-order valence-electron chi connectivity index (χ0n) is 18.6. The van der Waals surface area contributed by atoms with Gasteiger partial charge in [-0.25, -0.2) is 9.18 Å². The Morgan fingerprint density at radius 3 is 2.59 bits per heavy atom. The van der Waals surface area contributed by atoms with E-state index in [4.69, 9.17) is 21.1 Å². The molecule has 0 atom stereocenters. The molecule has 34 heavy (non-hydrogen) atoms. The molecule has 0 bridgehead atoms. The van der Waals surface area contributed by atoms with Crippen LogP contribution >= 0.6 is 11.6 Å². The summed E-state index contributed by atoms with van der Waals surface area (Å²) in [4.78, 5) is 39.0. The molecule has 1 saturated carbocycles. The van der Waals surface area contributed by atoms with Crippen LogP contribution in [0.3, 0.4) is 0 Å². The minimum absolute atomic E-state index is 0.0632. The third kappa shape index (κ3) is 4.92. The number of hydrogen-bond donors (Lipinski definition) is 1. The first-order valence-electron chi connectivity index (χ1n) is 11.1. The minimum Gasteiger partial charge on any atom is -0.490 e. The maximum atomic E-state index is 14.0. The van der Waals surface area contributed by atoms with Crippen LogP contribution in [0, 0.1) is 5.82 Å². The lowest BCUT2D eigenvalue weighted by Gasteiger charge is -2.31. The normalized spacial score (nSPS) is 17.9. The van der Waals surface area contributed by atoms with Gasteiger partial charge < -0.3 is 9.47 Å². The van der Waals surface area contributed by atoms with Crippen molar-refractivity contribution >= 4 is 35.5 Å². The first kappa shape index (κ1) is 23.8. The van der Waals surface area contributed by atoms with Crippen molar-refractivity contribution in [2.45, 2.75) is 45.3 Å². The van der Waals surface area contributed by atoms with E-state index in [2.05, 4.69) is 5.32 Å². The first-order valence-corrected chi connectivity index (χ1v) is 11.5. The summed E-state index contributed by atoms with van der Waals surface area (Å²) in [5.41, 5.74) is 0.615. The van der Waals surface area contributed by atoms with Gasteiger partial charge in [0, 0.05) is 11.6 Å². The molecule has 1 N–H and O–H groups in total. The van der Waals surface area contributed by atoms with Gasteiger partial charge in [0.05, 0.1) is 11.6 Å². The second-order valence-electron chi connectivity index (χ2n) is 8.07. The Morgan fingerprint density at radius 2 is 1.88 bits per heavy atom. The van der Waals surface area contributed by atoms with E-state index < -0.39 is 23.7 Å². The van der Waals surface area contributed by atoms with Crippen LogP contribution in [0.1, 0.15) is 43.7 Å². The number of barbiturate groups is 1. The lowest BCUT2D eigenvalue weighted by atomic mass is 10.0. The number of nitrogens with zero attached hydrogens (tertiary/aromatic N) is 1. The molecule has 0 unspecified atom stereocenters. The fourth-order valence-corrected chi connectivity index (χ4v) is 4.45. The second kappa shape index (κ2) is 10.3. The Morgan fingerprint density at radius 1 is 1.15 bits per heavy atom. The van der Waals surface area contributed by atoms with Gasteiger partial charge in [0.15, 0.2) is 11.5 Å². The number of halogens is 2. The number of rotatable bonds is 7. The summed E-state index contributed by atoms with van der Waals surface area (Å²) < 4.78 is 25.4. The molecule has 0 aromatic heterocycles. The van der Waals surface area contributed by atoms with E-state index in [1.54, 1.807) is 31.2 Å². The topological polar surface area (TPSA) is 84.9 Å². The number of benzene rings is 2. The van der Waals surface area contributed by atoms with Gasteiger partial charge in [-0.05, 0) is 49.6 Å². The molecule has 178 valence electrons. The molecule has 1 aliphatic heterocycles. The van der Waals surface area contributed by atoms with Crippen molar-refractivity contribution in [3.8, 4) is 11.5 Å². The van der Waals surface area contributed by atoms with Crippen molar-refractivity contribution in [3.63, 3.8) is 0 Å². The van der Waals surface area contributed by atoms with Crippen LogP contribution in [-0.2, 0) is 16.2 Å². The summed E-state index contributed by atoms with van der Waals surface area (Å²) in [7, 11) is 0. The highest BCUT2D eigenvalue weighted by Gasteiger charge is 2.40. The first-order chi connectivity index (χ1) is 16.4. The maximum absolute atomic E-state index is 14.0. The zero-order valence-corrected chi connectivity index (χ0v) is 19.4. The monoisotopic (exact) mass is 486 g/mol. The van der Waals surface area contributed by atoms with E-state index in [0.29, 0.717) is 17.7 Å². The Kier molecular flexibility index (Phi) is 7.17. The Balaban J connectivity index is 1.63. The van der Waals surface area contributed by atoms with Crippen molar-refractivity contribution in [2.24, 2.45) is 0 Å². The second-order valence-corrected chi connectivity index (χ2v) is 8.48. The van der Waals surface area contributed by atoms with Crippen molar-refractivity contribution in [1.29, 1.82) is 0 Å². The SMILES string of the molecule is CCOc1cc(/C=C2\C(=O)NC(=O)N(C3CCCC3)C2=O)cc(Cl)c1OCc1ccccc1F. The van der Waals surface area contributed by atoms with Gasteiger partial charge in [-0.2, -0.15) is 0 Å². The van der Waals surface area contributed by atoms with Crippen LogP contribution in [-0.4, -0.2) is 35.4 Å². The van der Waals surface area contributed by atoms with Crippen LogP contribution in [0.5, 0.6) is 11.5 Å². The quantitative estimate of drug-likeness (QED) is 0.446. The minimum atomic E-state index is -0.766. The Bertz CT molecular complexity index is 1160. The lowest BCUT2D eigenvalue weighted by molar-refractivity contribution is -0.131. The molecule has 4 rings (SSSR count). The maximum Gasteiger partial charge on any atom is 0.331 e. The highest BCUT2D eigenvalue weighted by molar-refractivity contribution is 6.33. The molecule has 2 fully saturated rings. The summed E-state index contributed by atoms with van der Waals surface area (Å²) in [6.07, 6.45) is 4.66. The van der Waals surface area contributed by atoms with E-state index in [1.807, 2.05) is 0 Å². The molecule has 2 aromatic carbocycles. The Hall–Kier alpha value is -3.39. The lowest BCUT2D eigenvalue weighted by Crippen LogP contribution is -2.57. The molecule has 0 radical (unpaired) electrons. The van der Waals surface area contributed by atoms with E-state index in [0.717, 1.165) is 30.6 Å². The molecule has 0 spiro atoms. The average molecular weight is 487 g/mol. The number of nitrogens with one attached hydrogen (secondary N) is 1. The average Bonchev–Trinajstić information content (AvgIpc) is 3.31. The fourth-order valence-electron chi connectivity index (χ4n) is 4.17. The molecule has 2 aromatic rings. The summed E-state index contributed by atoms with van der Waals surface area (Å²) in [5, 5.41) is 2.42. The molecular formula is C25H24ClFN2O5. The van der Waals surface area contributed by atoms with Crippen molar-refractivity contribution in [2.75, 3.05) is 6.61 Å². The van der Waals surface area contributed by atoms with Gasteiger partial charge in [0.25, 0.3) is 11.8 Å². The highest BCUT2D eigenvalue weighted by Crippen LogP contribution is 2.38. The van der Waals surface area contributed by atoms with Crippen LogP contribution in [0.25, 0.3) is 6.08 Å². The van der Waals surface area contributed by atoms with Crippen molar-refractivity contribution < 1.29 is 28.2 Å². The summed E-state index contributed by atoms with van der Waals surface area (Å²) in [6, 6.07) is 8.42. The fraction of sp³-hybridized carbons (Fsp3) is 0.320. The number of imide groups is 2. The van der Waals surface area contributed by atoms with Crippen LogP contribution in [0.15, 0.2) is 42.0 Å². The highest BCUT2D eigenvalue weighted by atomic mass is 35.5. The number of ether oxygens (including phenoxy) is 2. The molecule has 2 aliphatic rings. The summed E-state index contributed by atoms with van der Waals surface area (Å²) in [6.45, 7) is 2.02. The number of carbonyl (C=O) groups excluding carboxylic acids is 3. The van der Waals surface area contributed by atoms with Gasteiger partial charge in [-0.3, -0.25) is 19.8 Å².